The average molecular weight is 505 g/mol. The molecule has 2 saturated heterocycles. The van der Waals surface area contributed by atoms with E-state index in [9.17, 15) is 19.2 Å². The summed E-state index contributed by atoms with van der Waals surface area (Å²) in [5.74, 6) is -0.530. The first-order chi connectivity index (χ1) is 17.1. The Kier molecular flexibility index (Phi) is 9.84. The molecule has 1 amide bonds. The van der Waals surface area contributed by atoms with Gasteiger partial charge in [0.2, 0.25) is 11.7 Å². The maximum Gasteiger partial charge on any atom is 0.290 e. The number of Topliss-reactive ketones (excluding diaryl/α,β-unsaturated/α-hetero) is 3. The number of rotatable bonds is 4. The third-order valence-electron chi connectivity index (χ3n) is 8.97. The summed E-state index contributed by atoms with van der Waals surface area (Å²) in [6.07, 6.45) is 11.0. The number of nitrogens with zero attached hydrogens (tertiary/aromatic N) is 1. The lowest BCUT2D eigenvalue weighted by Crippen LogP contribution is -2.52. The first kappa shape index (κ1) is 28.5. The number of carbonyl (C=O) groups excluding carboxylic acids is 4. The quantitative estimate of drug-likeness (QED) is 0.442. The van der Waals surface area contributed by atoms with Gasteiger partial charge in [-0.15, -0.1) is 0 Å². The highest BCUT2D eigenvalue weighted by atomic mass is 16.3. The second-order valence-corrected chi connectivity index (χ2v) is 12.0. The summed E-state index contributed by atoms with van der Waals surface area (Å²) in [6.45, 7) is 4.66. The van der Waals surface area contributed by atoms with Gasteiger partial charge >= 0.3 is 0 Å². The molecule has 2 heterocycles. The van der Waals surface area contributed by atoms with Crippen LogP contribution in [0.2, 0.25) is 0 Å². The third kappa shape index (κ3) is 6.81. The first-order valence-corrected chi connectivity index (χ1v) is 13.9. The summed E-state index contributed by atoms with van der Waals surface area (Å²) in [5.41, 5.74) is 6.31. The molecule has 2 aliphatic carbocycles. The second kappa shape index (κ2) is 12.4. The molecular weight excluding hydrogens is 460 g/mol. The predicted octanol–water partition coefficient (Wildman–Crippen LogP) is 3.54. The van der Waals surface area contributed by atoms with Gasteiger partial charge in [-0.25, -0.2) is 0 Å². The zero-order valence-corrected chi connectivity index (χ0v) is 22.0. The van der Waals surface area contributed by atoms with Gasteiger partial charge in [0.1, 0.15) is 0 Å². The van der Waals surface area contributed by atoms with E-state index < -0.39 is 18.0 Å². The molecule has 2 aliphatic heterocycles. The van der Waals surface area contributed by atoms with Crippen LogP contribution in [0, 0.1) is 29.1 Å². The number of ketones is 3. The van der Waals surface area contributed by atoms with Crippen LogP contribution in [0.1, 0.15) is 97.3 Å². The molecule has 0 spiro atoms. The highest BCUT2D eigenvalue weighted by molar-refractivity contribution is 6.38. The van der Waals surface area contributed by atoms with E-state index in [1.807, 2.05) is 0 Å². The van der Waals surface area contributed by atoms with E-state index in [4.69, 9.17) is 15.6 Å². The van der Waals surface area contributed by atoms with E-state index in [1.54, 1.807) is 4.90 Å². The van der Waals surface area contributed by atoms with Crippen molar-refractivity contribution < 1.29 is 29.1 Å². The molecule has 8 nitrogen and oxygen atoms in total. The van der Waals surface area contributed by atoms with Crippen molar-refractivity contribution in [2.75, 3.05) is 6.54 Å². The molecule has 0 aromatic rings. The normalized spacial score (nSPS) is 33.0. The number of hydrogen-bond acceptors (Lipinski definition) is 6. The lowest BCUT2D eigenvalue weighted by molar-refractivity contribution is -0.143. The second-order valence-electron chi connectivity index (χ2n) is 12.0. The van der Waals surface area contributed by atoms with Gasteiger partial charge in [-0.1, -0.05) is 58.8 Å². The Morgan fingerprint density at radius 1 is 1.00 bits per heavy atom. The zero-order valence-electron chi connectivity index (χ0n) is 22.0. The minimum Gasteiger partial charge on any atom is -0.483 e. The Balaban J connectivity index is 0.00000115. The molecule has 202 valence electrons. The van der Waals surface area contributed by atoms with E-state index in [2.05, 4.69) is 13.8 Å². The molecule has 4 aliphatic rings. The molecule has 8 heteroatoms. The van der Waals surface area contributed by atoms with E-state index in [0.717, 1.165) is 57.8 Å². The van der Waals surface area contributed by atoms with Crippen LogP contribution in [-0.2, 0) is 24.0 Å². The zero-order chi connectivity index (χ0) is 26.5. The highest BCUT2D eigenvalue weighted by Gasteiger charge is 2.69. The van der Waals surface area contributed by atoms with Gasteiger partial charge in [0, 0.05) is 25.3 Å². The van der Waals surface area contributed by atoms with Crippen molar-refractivity contribution in [3.8, 4) is 0 Å². The van der Waals surface area contributed by atoms with E-state index >= 15 is 0 Å². The van der Waals surface area contributed by atoms with Gasteiger partial charge in [-0.3, -0.25) is 24.0 Å². The van der Waals surface area contributed by atoms with Gasteiger partial charge in [0.25, 0.3) is 6.47 Å². The molecule has 3 N–H and O–H groups in total. The summed E-state index contributed by atoms with van der Waals surface area (Å²) in [6, 6.07) is -1.06. The van der Waals surface area contributed by atoms with Crippen LogP contribution in [0.5, 0.6) is 0 Å². The minimum atomic E-state index is -0.564. The Labute approximate surface area is 214 Å². The monoisotopic (exact) mass is 504 g/mol. The SMILES string of the molecule is CC1(C)[C@@H]2[C@H]3C(=O)C[C@H](C(=O)C(=O)CC4CC4)CCCCCCCCC[C@H](N)C(=O)N3C[C@@H]21.O=CO. The van der Waals surface area contributed by atoms with Crippen molar-refractivity contribution in [2.24, 2.45) is 34.8 Å². The lowest BCUT2D eigenvalue weighted by atomic mass is 9.85. The Morgan fingerprint density at radius 2 is 1.56 bits per heavy atom. The van der Waals surface area contributed by atoms with Gasteiger partial charge in [0.05, 0.1) is 12.1 Å². The number of hydrogen-bond donors (Lipinski definition) is 2. The number of fused-ring (bicyclic) bond motifs is 3. The van der Waals surface area contributed by atoms with Crippen LogP contribution in [0.15, 0.2) is 0 Å². The molecule has 0 unspecified atom stereocenters. The molecule has 0 aromatic carbocycles. The van der Waals surface area contributed by atoms with Crippen molar-refractivity contribution in [3.05, 3.63) is 0 Å². The molecule has 4 rings (SSSR count). The standard InChI is InChI=1S/C27H42N2O4.CH2O2/c1-27(2)19-16-29-24(23(19)27)21(30)15-18(25(32)22(31)14-17-12-13-17)10-8-6-4-3-5-7-9-11-20(28)26(29)33;2-1-3/h17-20,23-24H,3-16,28H2,1-2H3;1H,(H,2,3)/t18-,19+,20+,23+,24-;/m1./s1. The van der Waals surface area contributed by atoms with Crippen molar-refractivity contribution in [3.63, 3.8) is 0 Å². The van der Waals surface area contributed by atoms with Crippen molar-refractivity contribution in [1.82, 2.24) is 4.90 Å². The first-order valence-electron chi connectivity index (χ1n) is 13.9. The predicted molar refractivity (Wildman–Crippen MR) is 135 cm³/mol. The third-order valence-corrected chi connectivity index (χ3v) is 8.97. The van der Waals surface area contributed by atoms with E-state index in [-0.39, 0.29) is 47.5 Å². The Bertz CT molecular complexity index is 836. The van der Waals surface area contributed by atoms with Crippen molar-refractivity contribution >= 4 is 29.7 Å². The molecule has 2 saturated carbocycles. The fourth-order valence-corrected chi connectivity index (χ4v) is 6.46. The average Bonchev–Trinajstić information content (AvgIpc) is 3.68. The fourth-order valence-electron chi connectivity index (χ4n) is 6.46. The highest BCUT2D eigenvalue weighted by Crippen LogP contribution is 2.65. The number of amides is 1. The largest absolute Gasteiger partial charge is 0.483 e. The lowest BCUT2D eigenvalue weighted by Gasteiger charge is -2.32. The van der Waals surface area contributed by atoms with Crippen LogP contribution >= 0.6 is 0 Å². The van der Waals surface area contributed by atoms with E-state index in [0.29, 0.717) is 37.6 Å². The molecule has 4 fully saturated rings. The van der Waals surface area contributed by atoms with Crippen LogP contribution in [0.3, 0.4) is 0 Å². The molecule has 0 radical (unpaired) electrons. The maximum absolute atomic E-state index is 13.6. The summed E-state index contributed by atoms with van der Waals surface area (Å²) < 4.78 is 0. The molecule has 5 atom stereocenters. The summed E-state index contributed by atoms with van der Waals surface area (Å²) >= 11 is 0. The fraction of sp³-hybridized carbons (Fsp3) is 0.821. The van der Waals surface area contributed by atoms with Gasteiger partial charge in [-0.05, 0) is 48.9 Å². The smallest absolute Gasteiger partial charge is 0.290 e. The maximum atomic E-state index is 13.6. The summed E-state index contributed by atoms with van der Waals surface area (Å²) in [7, 11) is 0. The minimum absolute atomic E-state index is 0.0311. The Hall–Kier alpha value is -2.09. The number of carbonyl (C=O) groups is 5. The number of piperidine rings is 1. The number of nitrogens with two attached hydrogens (primary N) is 1. The van der Waals surface area contributed by atoms with Gasteiger partial charge in [-0.2, -0.15) is 0 Å². The summed E-state index contributed by atoms with van der Waals surface area (Å²) in [4.78, 5) is 62.6. The van der Waals surface area contributed by atoms with Crippen molar-refractivity contribution in [2.45, 2.75) is 109 Å². The molecule has 0 aromatic heterocycles. The van der Waals surface area contributed by atoms with Crippen LogP contribution in [0.25, 0.3) is 0 Å². The van der Waals surface area contributed by atoms with Crippen LogP contribution < -0.4 is 5.73 Å². The molecule has 36 heavy (non-hydrogen) atoms. The van der Waals surface area contributed by atoms with Crippen LogP contribution in [-0.4, -0.2) is 58.4 Å². The van der Waals surface area contributed by atoms with Gasteiger partial charge < -0.3 is 15.7 Å². The van der Waals surface area contributed by atoms with Crippen LogP contribution in [0.4, 0.5) is 0 Å². The molecular formula is C28H44N2O6. The van der Waals surface area contributed by atoms with Crippen molar-refractivity contribution in [1.29, 1.82) is 0 Å². The van der Waals surface area contributed by atoms with Gasteiger partial charge in [0.15, 0.2) is 11.6 Å². The topological polar surface area (TPSA) is 135 Å². The summed E-state index contributed by atoms with van der Waals surface area (Å²) in [5, 5.41) is 6.89. The Morgan fingerprint density at radius 3 is 2.14 bits per heavy atom. The number of carboxylic acid groups (broad SMARTS) is 1. The molecule has 0 bridgehead atoms. The van der Waals surface area contributed by atoms with E-state index in [1.165, 1.54) is 0 Å².